The molecule has 0 radical (unpaired) electrons. The Labute approximate surface area is 66.6 Å². The Morgan fingerprint density at radius 3 is 2.82 bits per heavy atom. The van der Waals surface area contributed by atoms with Crippen LogP contribution in [0.3, 0.4) is 0 Å². The van der Waals surface area contributed by atoms with Crippen molar-refractivity contribution in [2.75, 3.05) is 6.61 Å². The van der Waals surface area contributed by atoms with Crippen molar-refractivity contribution in [3.63, 3.8) is 0 Å². The lowest BCUT2D eigenvalue weighted by Gasteiger charge is -2.26. The molecule has 1 rings (SSSR count). The standard InChI is InChI=1S/C8H14O3/c1-3-10-8-5-4-7(9)6(2)11-8/h4-9H,3H2,1-2H3/t6-,7+,8+/m1/s1. The smallest absolute Gasteiger partial charge is 0.177 e. The van der Waals surface area contributed by atoms with E-state index in [1.54, 1.807) is 12.2 Å². The molecule has 1 aliphatic heterocycles. The summed E-state index contributed by atoms with van der Waals surface area (Å²) in [6, 6.07) is 0. The Balaban J connectivity index is 2.43. The van der Waals surface area contributed by atoms with E-state index in [-0.39, 0.29) is 12.4 Å². The molecular weight excluding hydrogens is 144 g/mol. The topological polar surface area (TPSA) is 38.7 Å². The molecule has 0 unspecified atom stereocenters. The van der Waals surface area contributed by atoms with E-state index >= 15 is 0 Å². The Kier molecular flexibility index (Phi) is 3.05. The zero-order chi connectivity index (χ0) is 8.27. The summed E-state index contributed by atoms with van der Waals surface area (Å²) in [6.07, 6.45) is 2.49. The molecule has 0 aliphatic carbocycles. The van der Waals surface area contributed by atoms with Crippen LogP contribution in [0.1, 0.15) is 13.8 Å². The average Bonchev–Trinajstić information content (AvgIpc) is 1.98. The van der Waals surface area contributed by atoms with Gasteiger partial charge in [0.1, 0.15) is 0 Å². The molecule has 0 aromatic rings. The molecule has 3 nitrogen and oxygen atoms in total. The van der Waals surface area contributed by atoms with Gasteiger partial charge in [-0.2, -0.15) is 0 Å². The summed E-state index contributed by atoms with van der Waals surface area (Å²) in [7, 11) is 0. The van der Waals surface area contributed by atoms with Crippen LogP contribution in [0.4, 0.5) is 0 Å². The van der Waals surface area contributed by atoms with E-state index < -0.39 is 6.10 Å². The number of aliphatic hydroxyl groups excluding tert-OH is 1. The van der Waals surface area contributed by atoms with Crippen LogP contribution in [0, 0.1) is 0 Å². The maximum absolute atomic E-state index is 9.20. The maximum Gasteiger partial charge on any atom is 0.177 e. The van der Waals surface area contributed by atoms with E-state index in [1.165, 1.54) is 0 Å². The molecule has 0 saturated carbocycles. The van der Waals surface area contributed by atoms with E-state index in [9.17, 15) is 5.11 Å². The second-order valence-corrected chi connectivity index (χ2v) is 2.54. The van der Waals surface area contributed by atoms with Gasteiger partial charge in [-0.05, 0) is 19.9 Å². The van der Waals surface area contributed by atoms with Crippen LogP contribution >= 0.6 is 0 Å². The molecule has 64 valence electrons. The van der Waals surface area contributed by atoms with Gasteiger partial charge in [0.2, 0.25) is 0 Å². The van der Waals surface area contributed by atoms with Crippen LogP contribution in [0.25, 0.3) is 0 Å². The van der Waals surface area contributed by atoms with Crippen molar-refractivity contribution >= 4 is 0 Å². The van der Waals surface area contributed by atoms with Crippen molar-refractivity contribution in [1.82, 2.24) is 0 Å². The summed E-state index contributed by atoms with van der Waals surface area (Å²) < 4.78 is 10.5. The molecule has 11 heavy (non-hydrogen) atoms. The Bertz CT molecular complexity index is 144. The lowest BCUT2D eigenvalue weighted by molar-refractivity contribution is -0.162. The summed E-state index contributed by atoms with van der Waals surface area (Å²) in [6.45, 7) is 4.35. The molecule has 1 heterocycles. The number of hydrogen-bond donors (Lipinski definition) is 1. The third kappa shape index (κ3) is 2.29. The Morgan fingerprint density at radius 2 is 2.27 bits per heavy atom. The highest BCUT2D eigenvalue weighted by molar-refractivity contribution is 4.98. The van der Waals surface area contributed by atoms with Crippen LogP contribution in [0.2, 0.25) is 0 Å². The highest BCUT2D eigenvalue weighted by Gasteiger charge is 2.21. The van der Waals surface area contributed by atoms with Gasteiger partial charge in [-0.3, -0.25) is 0 Å². The monoisotopic (exact) mass is 158 g/mol. The lowest BCUT2D eigenvalue weighted by Crippen LogP contribution is -2.33. The van der Waals surface area contributed by atoms with Crippen molar-refractivity contribution in [3.8, 4) is 0 Å². The number of rotatable bonds is 2. The van der Waals surface area contributed by atoms with Gasteiger partial charge in [0, 0.05) is 6.61 Å². The van der Waals surface area contributed by atoms with E-state index in [1.807, 2.05) is 13.8 Å². The largest absolute Gasteiger partial charge is 0.386 e. The third-order valence-corrected chi connectivity index (χ3v) is 1.63. The molecule has 0 amide bonds. The van der Waals surface area contributed by atoms with Crippen molar-refractivity contribution in [3.05, 3.63) is 12.2 Å². The molecular formula is C8H14O3. The molecule has 1 N–H and O–H groups in total. The van der Waals surface area contributed by atoms with Crippen LogP contribution in [0.5, 0.6) is 0 Å². The highest BCUT2D eigenvalue weighted by atomic mass is 16.7. The summed E-state index contributed by atoms with van der Waals surface area (Å²) >= 11 is 0. The lowest BCUT2D eigenvalue weighted by atomic mass is 10.2. The van der Waals surface area contributed by atoms with E-state index in [0.717, 1.165) is 0 Å². The Morgan fingerprint density at radius 1 is 1.55 bits per heavy atom. The van der Waals surface area contributed by atoms with Gasteiger partial charge >= 0.3 is 0 Å². The highest BCUT2D eigenvalue weighted by Crippen LogP contribution is 2.12. The first-order chi connectivity index (χ1) is 5.24. The molecule has 0 fully saturated rings. The SMILES string of the molecule is CCO[C@@H]1C=C[C@H](O)[C@@H](C)O1. The van der Waals surface area contributed by atoms with Crippen molar-refractivity contribution in [1.29, 1.82) is 0 Å². The van der Waals surface area contributed by atoms with Crippen molar-refractivity contribution in [2.24, 2.45) is 0 Å². The third-order valence-electron chi connectivity index (χ3n) is 1.63. The van der Waals surface area contributed by atoms with Crippen LogP contribution in [-0.4, -0.2) is 30.2 Å². The fourth-order valence-corrected chi connectivity index (χ4v) is 0.958. The molecule has 3 atom stereocenters. The zero-order valence-electron chi connectivity index (χ0n) is 6.86. The second kappa shape index (κ2) is 3.85. The first kappa shape index (κ1) is 8.71. The van der Waals surface area contributed by atoms with Gasteiger partial charge in [0.15, 0.2) is 6.29 Å². The van der Waals surface area contributed by atoms with Gasteiger partial charge in [0.05, 0.1) is 12.2 Å². The predicted octanol–water partition coefficient (Wildman–Crippen LogP) is 0.685. The summed E-state index contributed by atoms with van der Waals surface area (Å²) in [4.78, 5) is 0. The fourth-order valence-electron chi connectivity index (χ4n) is 0.958. The molecule has 3 heteroatoms. The van der Waals surface area contributed by atoms with Crippen LogP contribution < -0.4 is 0 Å². The first-order valence-electron chi connectivity index (χ1n) is 3.87. The normalized spacial score (nSPS) is 37.5. The second-order valence-electron chi connectivity index (χ2n) is 2.54. The minimum Gasteiger partial charge on any atom is -0.386 e. The van der Waals surface area contributed by atoms with E-state index in [4.69, 9.17) is 9.47 Å². The molecule has 1 aliphatic rings. The number of ether oxygens (including phenoxy) is 2. The molecule has 0 spiro atoms. The first-order valence-corrected chi connectivity index (χ1v) is 3.87. The van der Waals surface area contributed by atoms with Crippen molar-refractivity contribution in [2.45, 2.75) is 32.3 Å². The van der Waals surface area contributed by atoms with Crippen LogP contribution in [0.15, 0.2) is 12.2 Å². The van der Waals surface area contributed by atoms with Gasteiger partial charge in [0.25, 0.3) is 0 Å². The summed E-state index contributed by atoms with van der Waals surface area (Å²) in [5.41, 5.74) is 0. The van der Waals surface area contributed by atoms with Gasteiger partial charge < -0.3 is 14.6 Å². The van der Waals surface area contributed by atoms with Gasteiger partial charge in [-0.25, -0.2) is 0 Å². The maximum atomic E-state index is 9.20. The fraction of sp³-hybridized carbons (Fsp3) is 0.750. The number of aliphatic hydroxyl groups is 1. The van der Waals surface area contributed by atoms with E-state index in [0.29, 0.717) is 6.61 Å². The van der Waals surface area contributed by atoms with Crippen LogP contribution in [-0.2, 0) is 9.47 Å². The Hall–Kier alpha value is -0.380. The minimum atomic E-state index is -0.494. The summed E-state index contributed by atoms with van der Waals surface area (Å²) in [5, 5.41) is 9.20. The minimum absolute atomic E-state index is 0.170. The average molecular weight is 158 g/mol. The van der Waals surface area contributed by atoms with Gasteiger partial charge in [-0.1, -0.05) is 6.08 Å². The molecule has 0 aromatic carbocycles. The van der Waals surface area contributed by atoms with E-state index in [2.05, 4.69) is 0 Å². The molecule has 0 aromatic heterocycles. The van der Waals surface area contributed by atoms with Gasteiger partial charge in [-0.15, -0.1) is 0 Å². The summed E-state index contributed by atoms with van der Waals surface area (Å²) in [5.74, 6) is 0. The zero-order valence-corrected chi connectivity index (χ0v) is 6.86. The quantitative estimate of drug-likeness (QED) is 0.601. The van der Waals surface area contributed by atoms with Crippen molar-refractivity contribution < 1.29 is 14.6 Å². The molecule has 0 bridgehead atoms. The molecule has 0 saturated heterocycles. The predicted molar refractivity (Wildman–Crippen MR) is 41.1 cm³/mol. The number of hydrogen-bond acceptors (Lipinski definition) is 3.